The summed E-state index contributed by atoms with van der Waals surface area (Å²) in [5, 5.41) is 1.27. The van der Waals surface area contributed by atoms with Crippen molar-refractivity contribution in [2.45, 2.75) is 32.1 Å². The number of hydrogen-bond acceptors (Lipinski definition) is 2. The highest BCUT2D eigenvalue weighted by molar-refractivity contribution is 5.74. The van der Waals surface area contributed by atoms with Gasteiger partial charge in [0.25, 0.3) is 0 Å². The molecule has 0 fully saturated rings. The Morgan fingerprint density at radius 2 is 2.15 bits per heavy atom. The lowest BCUT2D eigenvalue weighted by atomic mass is 10.1. The van der Waals surface area contributed by atoms with Crippen molar-refractivity contribution in [1.82, 2.24) is 5.06 Å². The van der Waals surface area contributed by atoms with E-state index in [1.807, 2.05) is 6.08 Å². The van der Waals surface area contributed by atoms with Gasteiger partial charge in [0.2, 0.25) is 5.91 Å². The van der Waals surface area contributed by atoms with E-state index in [4.69, 9.17) is 4.84 Å². The van der Waals surface area contributed by atoms with Crippen molar-refractivity contribution in [2.24, 2.45) is 0 Å². The van der Waals surface area contributed by atoms with Gasteiger partial charge in [0.05, 0.1) is 7.11 Å². The maximum absolute atomic E-state index is 11.2. The molecule has 0 aliphatic carbocycles. The average molecular weight is 185 g/mol. The molecule has 0 heterocycles. The number of amides is 1. The van der Waals surface area contributed by atoms with Crippen molar-refractivity contribution in [1.29, 1.82) is 0 Å². The van der Waals surface area contributed by atoms with Crippen LogP contribution in [0, 0.1) is 0 Å². The highest BCUT2D eigenvalue weighted by Crippen LogP contribution is 2.04. The van der Waals surface area contributed by atoms with Gasteiger partial charge in [-0.3, -0.25) is 9.63 Å². The Morgan fingerprint density at radius 1 is 1.46 bits per heavy atom. The Balaban J connectivity index is 3.31. The van der Waals surface area contributed by atoms with Crippen LogP contribution < -0.4 is 0 Å². The van der Waals surface area contributed by atoms with Crippen LogP contribution in [0.1, 0.15) is 32.1 Å². The number of allylic oxidation sites excluding steroid dienone is 1. The molecular formula is C10H19NO2. The minimum atomic E-state index is 0.0427. The lowest BCUT2D eigenvalue weighted by Crippen LogP contribution is -2.24. The molecule has 0 aromatic heterocycles. The Hall–Kier alpha value is -0.830. The zero-order valence-electron chi connectivity index (χ0n) is 8.58. The zero-order chi connectivity index (χ0) is 10.1. The number of carbonyl (C=O) groups is 1. The minimum Gasteiger partial charge on any atom is -0.275 e. The van der Waals surface area contributed by atoms with E-state index in [9.17, 15) is 4.79 Å². The van der Waals surface area contributed by atoms with Gasteiger partial charge in [-0.15, -0.1) is 6.58 Å². The average Bonchev–Trinajstić information content (AvgIpc) is 2.16. The molecule has 0 spiro atoms. The van der Waals surface area contributed by atoms with Gasteiger partial charge >= 0.3 is 0 Å². The summed E-state index contributed by atoms with van der Waals surface area (Å²) in [7, 11) is 3.13. The van der Waals surface area contributed by atoms with Crippen molar-refractivity contribution in [3.63, 3.8) is 0 Å². The molecule has 0 aromatic rings. The van der Waals surface area contributed by atoms with Crippen LogP contribution in [-0.2, 0) is 9.63 Å². The second-order valence-electron chi connectivity index (χ2n) is 2.96. The molecular weight excluding hydrogens is 166 g/mol. The first-order chi connectivity index (χ1) is 6.22. The van der Waals surface area contributed by atoms with Crippen LogP contribution in [0.3, 0.4) is 0 Å². The molecule has 76 valence electrons. The summed E-state index contributed by atoms with van der Waals surface area (Å²) >= 11 is 0. The van der Waals surface area contributed by atoms with Crippen molar-refractivity contribution >= 4 is 5.91 Å². The van der Waals surface area contributed by atoms with Gasteiger partial charge in [0.1, 0.15) is 0 Å². The molecule has 0 saturated carbocycles. The highest BCUT2D eigenvalue weighted by atomic mass is 16.7. The summed E-state index contributed by atoms with van der Waals surface area (Å²) in [6.45, 7) is 3.64. The highest BCUT2D eigenvalue weighted by Gasteiger charge is 2.05. The van der Waals surface area contributed by atoms with Crippen LogP contribution in [-0.4, -0.2) is 25.1 Å². The molecule has 0 aliphatic heterocycles. The van der Waals surface area contributed by atoms with Crippen LogP contribution in [0.5, 0.6) is 0 Å². The SMILES string of the molecule is C=CCCCCCC(=O)N(C)OC. The third-order valence-corrected chi connectivity index (χ3v) is 1.92. The zero-order valence-corrected chi connectivity index (χ0v) is 8.58. The van der Waals surface area contributed by atoms with Crippen LogP contribution in [0.25, 0.3) is 0 Å². The molecule has 1 amide bonds. The molecule has 3 heteroatoms. The maximum Gasteiger partial charge on any atom is 0.245 e. The second kappa shape index (κ2) is 7.80. The molecule has 0 aliphatic rings. The lowest BCUT2D eigenvalue weighted by molar-refractivity contribution is -0.168. The Bertz CT molecular complexity index is 157. The third-order valence-electron chi connectivity index (χ3n) is 1.92. The summed E-state index contributed by atoms with van der Waals surface area (Å²) in [6, 6.07) is 0. The van der Waals surface area contributed by atoms with Gasteiger partial charge in [-0.25, -0.2) is 5.06 Å². The van der Waals surface area contributed by atoms with Gasteiger partial charge in [-0.05, 0) is 19.3 Å². The van der Waals surface area contributed by atoms with E-state index in [0.717, 1.165) is 25.7 Å². The molecule has 3 nitrogen and oxygen atoms in total. The molecule has 0 bridgehead atoms. The summed E-state index contributed by atoms with van der Waals surface area (Å²) in [4.78, 5) is 15.9. The molecule has 13 heavy (non-hydrogen) atoms. The Kier molecular flexibility index (Phi) is 7.30. The second-order valence-corrected chi connectivity index (χ2v) is 2.96. The molecule has 0 N–H and O–H groups in total. The number of nitrogens with zero attached hydrogens (tertiary/aromatic N) is 1. The monoisotopic (exact) mass is 185 g/mol. The van der Waals surface area contributed by atoms with Crippen molar-refractivity contribution < 1.29 is 9.63 Å². The predicted octanol–water partition coefficient (Wildman–Crippen LogP) is 2.14. The fourth-order valence-corrected chi connectivity index (χ4v) is 1.00. The lowest BCUT2D eigenvalue weighted by Gasteiger charge is -2.12. The summed E-state index contributed by atoms with van der Waals surface area (Å²) in [6.07, 6.45) is 6.64. The van der Waals surface area contributed by atoms with E-state index in [2.05, 4.69) is 6.58 Å². The number of carbonyl (C=O) groups excluding carboxylic acids is 1. The van der Waals surface area contributed by atoms with Crippen LogP contribution >= 0.6 is 0 Å². The third kappa shape index (κ3) is 6.34. The predicted molar refractivity (Wildman–Crippen MR) is 53.1 cm³/mol. The fourth-order valence-electron chi connectivity index (χ4n) is 1.00. The quantitative estimate of drug-likeness (QED) is 0.345. The van der Waals surface area contributed by atoms with Gasteiger partial charge in [0.15, 0.2) is 0 Å². The maximum atomic E-state index is 11.2. The van der Waals surface area contributed by atoms with Gasteiger partial charge < -0.3 is 0 Å². The molecule has 0 radical (unpaired) electrons. The molecule has 0 saturated heterocycles. The van der Waals surface area contributed by atoms with Crippen LogP contribution in [0.4, 0.5) is 0 Å². The first-order valence-electron chi connectivity index (χ1n) is 4.64. The fraction of sp³-hybridized carbons (Fsp3) is 0.700. The topological polar surface area (TPSA) is 29.5 Å². The summed E-state index contributed by atoms with van der Waals surface area (Å²) in [5.74, 6) is 0.0427. The number of hydrogen-bond donors (Lipinski definition) is 0. The minimum absolute atomic E-state index is 0.0427. The summed E-state index contributed by atoms with van der Waals surface area (Å²) < 4.78 is 0. The van der Waals surface area contributed by atoms with E-state index < -0.39 is 0 Å². The first-order valence-corrected chi connectivity index (χ1v) is 4.64. The van der Waals surface area contributed by atoms with E-state index in [1.54, 1.807) is 7.05 Å². The summed E-state index contributed by atoms with van der Waals surface area (Å²) in [5.41, 5.74) is 0. The van der Waals surface area contributed by atoms with E-state index >= 15 is 0 Å². The normalized spacial score (nSPS) is 9.69. The van der Waals surface area contributed by atoms with Crippen molar-refractivity contribution in [3.8, 4) is 0 Å². The van der Waals surface area contributed by atoms with E-state index in [-0.39, 0.29) is 5.91 Å². The van der Waals surface area contributed by atoms with Gasteiger partial charge in [-0.1, -0.05) is 12.5 Å². The van der Waals surface area contributed by atoms with E-state index in [0.29, 0.717) is 6.42 Å². The molecule has 0 aromatic carbocycles. The standard InChI is InChI=1S/C10H19NO2/c1-4-5-6-7-8-9-10(12)11(2)13-3/h4H,1,5-9H2,2-3H3. The Labute approximate surface area is 80.3 Å². The number of unbranched alkanes of at least 4 members (excludes halogenated alkanes) is 3. The first kappa shape index (κ1) is 12.2. The van der Waals surface area contributed by atoms with E-state index in [1.165, 1.54) is 12.2 Å². The van der Waals surface area contributed by atoms with Crippen LogP contribution in [0.2, 0.25) is 0 Å². The number of hydroxylamine groups is 2. The molecule has 0 atom stereocenters. The smallest absolute Gasteiger partial charge is 0.245 e. The van der Waals surface area contributed by atoms with Crippen molar-refractivity contribution in [3.05, 3.63) is 12.7 Å². The Morgan fingerprint density at radius 3 is 2.69 bits per heavy atom. The number of rotatable bonds is 7. The molecule has 0 rings (SSSR count). The van der Waals surface area contributed by atoms with Crippen molar-refractivity contribution in [2.75, 3.05) is 14.2 Å². The van der Waals surface area contributed by atoms with Gasteiger partial charge in [0, 0.05) is 13.5 Å². The molecule has 0 unspecified atom stereocenters. The van der Waals surface area contributed by atoms with Crippen LogP contribution in [0.15, 0.2) is 12.7 Å². The van der Waals surface area contributed by atoms with Gasteiger partial charge in [-0.2, -0.15) is 0 Å². The largest absolute Gasteiger partial charge is 0.275 e.